The molecule has 208 valence electrons. The molecule has 8 nitrogen and oxygen atoms in total. The van der Waals surface area contributed by atoms with Crippen LogP contribution in [0.3, 0.4) is 0 Å². The number of unbranched alkanes of at least 4 members (excludes halogenated alkanes) is 2. The topological polar surface area (TPSA) is 108 Å². The minimum absolute atomic E-state index is 0.0353. The molecule has 2 bridgehead atoms. The Morgan fingerprint density at radius 3 is 2.55 bits per heavy atom. The molecule has 3 amide bonds. The summed E-state index contributed by atoms with van der Waals surface area (Å²) in [5.74, 6) is -0.446. The number of nitrogens with zero attached hydrogens (tertiary/aromatic N) is 1. The van der Waals surface area contributed by atoms with Gasteiger partial charge in [0, 0.05) is 30.1 Å². The average molecular weight is 544 g/mol. The highest BCUT2D eigenvalue weighted by Crippen LogP contribution is 2.66. The minimum Gasteiger partial charge on any atom is -0.494 e. The largest absolute Gasteiger partial charge is 0.494 e. The molecule has 5 rings (SSSR count). The quantitative estimate of drug-likeness (QED) is 0.367. The molecule has 0 aromatic heterocycles. The third-order valence-electron chi connectivity index (χ3n) is 8.79. The number of likely N-dealkylation sites (tertiary alicyclic amines) is 1. The zero-order valence-corrected chi connectivity index (χ0v) is 23.1. The minimum atomic E-state index is -0.557. The Morgan fingerprint density at radius 2 is 1.84 bits per heavy atom. The number of hydrogen-bond acceptors (Lipinski definition) is 6. The molecule has 0 radical (unpaired) electrons. The fourth-order valence-corrected chi connectivity index (χ4v) is 9.34. The smallest absolute Gasteiger partial charge is 0.244 e. The standard InChI is InChI=1S/C29H41N3O5S/c1-2-37-21-13-11-20(12-14-21)30-26(34)23-22-15-16-29(38-22)24(23)28(36)32(17-7-4-8-18-33)25(29)27(35)31-19-9-5-3-6-10-19/h11-14,19,22-25,33H,2-10,15-18H2,1H3,(H,30,34)(H,31,35)/t22-,23+,24-,25?,29?/m0/s1. The van der Waals surface area contributed by atoms with Crippen molar-refractivity contribution in [2.75, 3.05) is 25.1 Å². The van der Waals surface area contributed by atoms with Crippen LogP contribution in [0.4, 0.5) is 5.69 Å². The second-order valence-electron chi connectivity index (χ2n) is 11.2. The molecule has 5 atom stereocenters. The van der Waals surface area contributed by atoms with E-state index >= 15 is 0 Å². The fourth-order valence-electron chi connectivity index (χ4n) is 7.12. The van der Waals surface area contributed by atoms with E-state index in [0.29, 0.717) is 25.3 Å². The third kappa shape index (κ3) is 5.16. The summed E-state index contributed by atoms with van der Waals surface area (Å²) >= 11 is 1.71. The Bertz CT molecular complexity index is 1010. The van der Waals surface area contributed by atoms with Gasteiger partial charge in [0.1, 0.15) is 11.8 Å². The molecule has 3 N–H and O–H groups in total. The van der Waals surface area contributed by atoms with Gasteiger partial charge in [0.05, 0.1) is 23.2 Å². The summed E-state index contributed by atoms with van der Waals surface area (Å²) in [6.45, 7) is 3.11. The van der Waals surface area contributed by atoms with Crippen LogP contribution in [0.25, 0.3) is 0 Å². The monoisotopic (exact) mass is 543 g/mol. The van der Waals surface area contributed by atoms with Crippen LogP contribution in [-0.4, -0.2) is 69.6 Å². The highest BCUT2D eigenvalue weighted by atomic mass is 32.2. The summed E-state index contributed by atoms with van der Waals surface area (Å²) in [5, 5.41) is 15.6. The molecule has 1 saturated carbocycles. The zero-order valence-electron chi connectivity index (χ0n) is 22.3. The summed E-state index contributed by atoms with van der Waals surface area (Å²) < 4.78 is 4.95. The number of anilines is 1. The van der Waals surface area contributed by atoms with Gasteiger partial charge in [-0.25, -0.2) is 0 Å². The number of aliphatic hydroxyl groups excluding tert-OH is 1. The predicted molar refractivity (Wildman–Crippen MR) is 148 cm³/mol. The number of rotatable bonds is 11. The van der Waals surface area contributed by atoms with E-state index in [2.05, 4.69) is 10.6 Å². The van der Waals surface area contributed by atoms with Gasteiger partial charge in [-0.3, -0.25) is 14.4 Å². The van der Waals surface area contributed by atoms with E-state index in [1.54, 1.807) is 16.7 Å². The molecule has 38 heavy (non-hydrogen) atoms. The van der Waals surface area contributed by atoms with Crippen molar-refractivity contribution in [2.45, 2.75) is 93.2 Å². The number of benzene rings is 1. The number of aliphatic hydroxyl groups is 1. The Labute approximate surface area is 229 Å². The van der Waals surface area contributed by atoms with Gasteiger partial charge in [0.15, 0.2) is 0 Å². The second kappa shape index (κ2) is 11.9. The van der Waals surface area contributed by atoms with E-state index in [1.807, 2.05) is 31.2 Å². The molecule has 2 unspecified atom stereocenters. The molecule has 3 saturated heterocycles. The molecule has 9 heteroatoms. The van der Waals surface area contributed by atoms with E-state index in [9.17, 15) is 19.5 Å². The van der Waals surface area contributed by atoms with Gasteiger partial charge in [-0.2, -0.15) is 0 Å². The SMILES string of the molecule is CCOc1ccc(NC(=O)[C@@H]2[C@@H]3CCC4(S3)C(C(=O)NC3CCCCC3)N(CCCCCO)C(=O)[C@H]24)cc1. The van der Waals surface area contributed by atoms with Crippen molar-refractivity contribution in [3.8, 4) is 5.75 Å². The number of amides is 3. The average Bonchev–Trinajstić information content (AvgIpc) is 3.56. The van der Waals surface area contributed by atoms with Gasteiger partial charge in [0.2, 0.25) is 17.7 Å². The molecule has 4 aliphatic rings. The van der Waals surface area contributed by atoms with Gasteiger partial charge in [-0.15, -0.1) is 11.8 Å². The second-order valence-corrected chi connectivity index (χ2v) is 12.8. The number of fused-ring (bicyclic) bond motifs is 1. The Hall–Kier alpha value is -2.26. The van der Waals surface area contributed by atoms with E-state index in [1.165, 1.54) is 6.42 Å². The molecule has 3 heterocycles. The van der Waals surface area contributed by atoms with Crippen molar-refractivity contribution in [2.24, 2.45) is 11.8 Å². The van der Waals surface area contributed by atoms with Crippen LogP contribution in [0.1, 0.15) is 71.1 Å². The Morgan fingerprint density at radius 1 is 1.08 bits per heavy atom. The summed E-state index contributed by atoms with van der Waals surface area (Å²) in [5.41, 5.74) is 0.679. The summed E-state index contributed by atoms with van der Waals surface area (Å²) in [4.78, 5) is 43.3. The molecule has 1 aromatic carbocycles. The van der Waals surface area contributed by atoms with Crippen molar-refractivity contribution in [1.29, 1.82) is 0 Å². The van der Waals surface area contributed by atoms with Crippen LogP contribution in [0.15, 0.2) is 24.3 Å². The molecule has 3 aliphatic heterocycles. The van der Waals surface area contributed by atoms with Crippen molar-refractivity contribution < 1.29 is 24.2 Å². The van der Waals surface area contributed by atoms with Crippen molar-refractivity contribution in [1.82, 2.24) is 10.2 Å². The summed E-state index contributed by atoms with van der Waals surface area (Å²) in [6, 6.07) is 6.93. The number of nitrogens with one attached hydrogen (secondary N) is 2. The first kappa shape index (κ1) is 27.3. The number of carbonyl (C=O) groups excluding carboxylic acids is 3. The van der Waals surface area contributed by atoms with Crippen LogP contribution >= 0.6 is 11.8 Å². The van der Waals surface area contributed by atoms with Gasteiger partial charge in [-0.1, -0.05) is 19.3 Å². The lowest BCUT2D eigenvalue weighted by atomic mass is 9.70. The van der Waals surface area contributed by atoms with E-state index < -0.39 is 22.6 Å². The number of hydrogen-bond donors (Lipinski definition) is 3. The highest BCUT2D eigenvalue weighted by molar-refractivity contribution is 8.02. The zero-order chi connectivity index (χ0) is 26.7. The van der Waals surface area contributed by atoms with Crippen molar-refractivity contribution in [3.63, 3.8) is 0 Å². The van der Waals surface area contributed by atoms with Gasteiger partial charge in [-0.05, 0) is 76.1 Å². The maximum atomic E-state index is 14.0. The predicted octanol–water partition coefficient (Wildman–Crippen LogP) is 3.73. The maximum absolute atomic E-state index is 14.0. The lowest BCUT2D eigenvalue weighted by molar-refractivity contribution is -0.139. The van der Waals surface area contributed by atoms with Crippen LogP contribution in [0.5, 0.6) is 5.75 Å². The molecular weight excluding hydrogens is 502 g/mol. The summed E-state index contributed by atoms with van der Waals surface area (Å²) in [7, 11) is 0. The molecule has 4 fully saturated rings. The number of carbonyl (C=O) groups is 3. The van der Waals surface area contributed by atoms with Gasteiger partial charge in [0.25, 0.3) is 0 Å². The molecule has 1 aromatic rings. The first-order valence-electron chi connectivity index (χ1n) is 14.4. The maximum Gasteiger partial charge on any atom is 0.244 e. The van der Waals surface area contributed by atoms with E-state index in [0.717, 1.165) is 57.1 Å². The lowest BCUT2D eigenvalue weighted by Gasteiger charge is -2.35. The van der Waals surface area contributed by atoms with Gasteiger partial charge >= 0.3 is 0 Å². The fraction of sp³-hybridized carbons (Fsp3) is 0.690. The Balaban J connectivity index is 1.36. The van der Waals surface area contributed by atoms with Crippen LogP contribution in [0, 0.1) is 11.8 Å². The van der Waals surface area contributed by atoms with E-state index in [-0.39, 0.29) is 35.6 Å². The third-order valence-corrected chi connectivity index (χ3v) is 10.7. The lowest BCUT2D eigenvalue weighted by Crippen LogP contribution is -2.55. The van der Waals surface area contributed by atoms with Crippen LogP contribution in [-0.2, 0) is 14.4 Å². The normalized spacial score (nSPS) is 30.4. The number of ether oxygens (including phenoxy) is 1. The van der Waals surface area contributed by atoms with Crippen LogP contribution < -0.4 is 15.4 Å². The highest BCUT2D eigenvalue weighted by Gasteiger charge is 2.73. The first-order valence-corrected chi connectivity index (χ1v) is 15.3. The summed E-state index contributed by atoms with van der Waals surface area (Å²) in [6.07, 6.45) is 9.26. The number of thioether (sulfide) groups is 1. The molecular formula is C29H41N3O5S. The van der Waals surface area contributed by atoms with Crippen molar-refractivity contribution >= 4 is 35.2 Å². The Kier molecular flexibility index (Phi) is 8.53. The molecule has 1 spiro atoms. The van der Waals surface area contributed by atoms with Crippen LogP contribution in [0.2, 0.25) is 0 Å². The van der Waals surface area contributed by atoms with E-state index in [4.69, 9.17) is 4.74 Å². The van der Waals surface area contributed by atoms with Crippen molar-refractivity contribution in [3.05, 3.63) is 24.3 Å². The first-order chi connectivity index (χ1) is 18.5. The molecule has 1 aliphatic carbocycles. The van der Waals surface area contributed by atoms with Gasteiger partial charge < -0.3 is 25.4 Å².